The average molecular weight is 921 g/mol. The fourth-order valence-corrected chi connectivity index (χ4v) is 8.09. The van der Waals surface area contributed by atoms with Gasteiger partial charge in [-0.15, -0.1) is 0 Å². The Kier molecular flexibility index (Phi) is 50.6. The molecule has 0 saturated heterocycles. The van der Waals surface area contributed by atoms with E-state index in [1.807, 2.05) is 0 Å². The highest BCUT2D eigenvalue weighted by Crippen LogP contribution is 2.17. The van der Waals surface area contributed by atoms with Crippen molar-refractivity contribution < 1.29 is 24.5 Å². The first-order valence-corrected chi connectivity index (χ1v) is 27.9. The van der Waals surface area contributed by atoms with Crippen molar-refractivity contribution in [2.75, 3.05) is 6.61 Å². The molecule has 0 radical (unpaired) electrons. The van der Waals surface area contributed by atoms with E-state index in [1.165, 1.54) is 116 Å². The van der Waals surface area contributed by atoms with Gasteiger partial charge in [-0.1, -0.05) is 254 Å². The number of amides is 1. The molecule has 0 fully saturated rings. The predicted molar refractivity (Wildman–Crippen MR) is 287 cm³/mol. The highest BCUT2D eigenvalue weighted by molar-refractivity contribution is 5.77. The van der Waals surface area contributed by atoms with Gasteiger partial charge in [0.15, 0.2) is 0 Å². The Balaban J connectivity index is 4.71. The van der Waals surface area contributed by atoms with Crippen molar-refractivity contribution in [2.45, 2.75) is 277 Å². The van der Waals surface area contributed by atoms with Gasteiger partial charge in [-0.2, -0.15) is 0 Å². The van der Waals surface area contributed by atoms with Crippen molar-refractivity contribution in [1.82, 2.24) is 5.32 Å². The lowest BCUT2D eigenvalue weighted by molar-refractivity contribution is -0.151. The van der Waals surface area contributed by atoms with Gasteiger partial charge < -0.3 is 20.3 Å². The fraction of sp³-hybridized carbons (Fsp3) is 0.733. The standard InChI is InChI=1S/C60H105NO5/c1-4-7-10-13-16-19-22-25-27-29-30-32-35-38-41-44-47-50-53-60(65)66-56(51-48-45-42-39-36-34-31-28-26-23-20-17-14-11-8-5-2)54-59(64)61-57(55-62)58(63)52-49-46-43-40-37-33-24-21-18-15-12-9-6-3/h16,19,22-23,25-32,34,36,56-58,62-63H,4-15,17-18,20-21,24,33,35,37-55H2,1-3H3,(H,61,64)/b19-16+,25-22+,26-23+,29-27+,31-28+,32-30+,36-34+. The van der Waals surface area contributed by atoms with Crippen LogP contribution in [-0.2, 0) is 14.3 Å². The van der Waals surface area contributed by atoms with Gasteiger partial charge in [-0.3, -0.25) is 9.59 Å². The van der Waals surface area contributed by atoms with Crippen LogP contribution in [0.3, 0.4) is 0 Å². The molecule has 0 aromatic heterocycles. The number of allylic oxidation sites excluding steroid dienone is 14. The molecular weight excluding hydrogens is 815 g/mol. The molecule has 3 N–H and O–H groups in total. The largest absolute Gasteiger partial charge is 0.462 e. The molecule has 6 nitrogen and oxygen atoms in total. The Morgan fingerprint density at radius 2 is 0.773 bits per heavy atom. The summed E-state index contributed by atoms with van der Waals surface area (Å²) in [6.07, 6.45) is 69.2. The average Bonchev–Trinajstić information content (AvgIpc) is 3.31. The zero-order valence-electron chi connectivity index (χ0n) is 43.3. The summed E-state index contributed by atoms with van der Waals surface area (Å²) in [5, 5.41) is 23.8. The zero-order chi connectivity index (χ0) is 48.1. The monoisotopic (exact) mass is 920 g/mol. The molecule has 0 aromatic rings. The van der Waals surface area contributed by atoms with Gasteiger partial charge in [0.2, 0.25) is 5.91 Å². The molecular formula is C60H105NO5. The van der Waals surface area contributed by atoms with Crippen LogP contribution >= 0.6 is 0 Å². The van der Waals surface area contributed by atoms with Crippen LogP contribution in [0.2, 0.25) is 0 Å². The van der Waals surface area contributed by atoms with Gasteiger partial charge in [0.1, 0.15) is 6.10 Å². The van der Waals surface area contributed by atoms with E-state index in [4.69, 9.17) is 4.74 Å². The predicted octanol–water partition coefficient (Wildman–Crippen LogP) is 17.1. The second-order valence-electron chi connectivity index (χ2n) is 18.8. The van der Waals surface area contributed by atoms with E-state index in [1.54, 1.807) is 0 Å². The van der Waals surface area contributed by atoms with Crippen LogP contribution in [0.25, 0.3) is 0 Å². The third kappa shape index (κ3) is 47.5. The summed E-state index contributed by atoms with van der Waals surface area (Å²) in [5.41, 5.74) is 0. The number of unbranched alkanes of at least 4 members (excludes halogenated alkanes) is 28. The normalized spacial score (nSPS) is 13.8. The summed E-state index contributed by atoms with van der Waals surface area (Å²) in [6.45, 7) is 6.42. The molecule has 0 aliphatic heterocycles. The summed E-state index contributed by atoms with van der Waals surface area (Å²) >= 11 is 0. The lowest BCUT2D eigenvalue weighted by Crippen LogP contribution is -2.46. The first-order valence-electron chi connectivity index (χ1n) is 27.9. The molecule has 0 heterocycles. The molecule has 1 amide bonds. The van der Waals surface area contributed by atoms with E-state index in [0.717, 1.165) is 96.3 Å². The van der Waals surface area contributed by atoms with Crippen LogP contribution in [0.5, 0.6) is 0 Å². The number of carbonyl (C=O) groups excluding carboxylic acids is 2. The molecule has 66 heavy (non-hydrogen) atoms. The van der Waals surface area contributed by atoms with Gasteiger partial charge >= 0.3 is 5.97 Å². The number of esters is 1. The minimum atomic E-state index is -0.806. The van der Waals surface area contributed by atoms with Gasteiger partial charge in [0.25, 0.3) is 0 Å². The molecule has 3 atom stereocenters. The van der Waals surface area contributed by atoms with Crippen LogP contribution in [-0.4, -0.2) is 46.9 Å². The van der Waals surface area contributed by atoms with E-state index in [9.17, 15) is 19.8 Å². The molecule has 0 saturated carbocycles. The lowest BCUT2D eigenvalue weighted by atomic mass is 10.0. The fourth-order valence-electron chi connectivity index (χ4n) is 8.09. The Morgan fingerprint density at radius 1 is 0.439 bits per heavy atom. The summed E-state index contributed by atoms with van der Waals surface area (Å²) in [7, 11) is 0. The van der Waals surface area contributed by atoms with E-state index >= 15 is 0 Å². The number of rotatable bonds is 49. The summed E-state index contributed by atoms with van der Waals surface area (Å²) in [5.74, 6) is -0.534. The van der Waals surface area contributed by atoms with Crippen molar-refractivity contribution in [3.8, 4) is 0 Å². The molecule has 0 aliphatic rings. The quantitative estimate of drug-likeness (QED) is 0.0321. The SMILES string of the molecule is CCCCC/C=C/C=C/C=C/C=C/CCCCCCCC(=O)OC(CCCCC/C=C/C=C/C=C/CCCCCCC)CC(=O)NC(CO)C(O)CCCCCCCCCCCCCCC. The molecule has 0 aliphatic carbocycles. The van der Waals surface area contributed by atoms with Crippen molar-refractivity contribution in [2.24, 2.45) is 0 Å². The molecule has 0 bridgehead atoms. The Hall–Kier alpha value is -2.96. The van der Waals surface area contributed by atoms with Gasteiger partial charge in [-0.05, 0) is 77.0 Å². The molecule has 3 unspecified atom stereocenters. The number of aliphatic hydroxyl groups is 2. The zero-order valence-corrected chi connectivity index (χ0v) is 43.3. The lowest BCUT2D eigenvalue weighted by Gasteiger charge is -2.24. The van der Waals surface area contributed by atoms with Crippen LogP contribution in [0.4, 0.5) is 0 Å². The minimum absolute atomic E-state index is 0.0415. The maximum absolute atomic E-state index is 13.2. The van der Waals surface area contributed by atoms with Gasteiger partial charge in [0, 0.05) is 6.42 Å². The highest BCUT2D eigenvalue weighted by Gasteiger charge is 2.24. The number of carbonyl (C=O) groups is 2. The maximum Gasteiger partial charge on any atom is 0.306 e. The van der Waals surface area contributed by atoms with Crippen LogP contribution < -0.4 is 5.32 Å². The topological polar surface area (TPSA) is 95.9 Å². The second-order valence-corrected chi connectivity index (χ2v) is 18.8. The Bertz CT molecular complexity index is 1260. The molecule has 380 valence electrons. The highest BCUT2D eigenvalue weighted by atomic mass is 16.5. The van der Waals surface area contributed by atoms with Crippen molar-refractivity contribution in [3.63, 3.8) is 0 Å². The second kappa shape index (κ2) is 53.0. The van der Waals surface area contributed by atoms with E-state index in [-0.39, 0.29) is 24.9 Å². The first kappa shape index (κ1) is 63.0. The van der Waals surface area contributed by atoms with Gasteiger partial charge in [0.05, 0.1) is 25.2 Å². The smallest absolute Gasteiger partial charge is 0.306 e. The van der Waals surface area contributed by atoms with Crippen LogP contribution in [0, 0.1) is 0 Å². The van der Waals surface area contributed by atoms with Crippen LogP contribution in [0.15, 0.2) is 85.1 Å². The number of aliphatic hydroxyl groups excluding tert-OH is 2. The third-order valence-corrected chi connectivity index (χ3v) is 12.4. The van der Waals surface area contributed by atoms with E-state index < -0.39 is 18.2 Å². The molecule has 0 aromatic carbocycles. The summed E-state index contributed by atoms with van der Waals surface area (Å²) in [4.78, 5) is 26.2. The maximum atomic E-state index is 13.2. The van der Waals surface area contributed by atoms with E-state index in [2.05, 4.69) is 111 Å². The summed E-state index contributed by atoms with van der Waals surface area (Å²) in [6, 6.07) is -0.723. The Morgan fingerprint density at radius 3 is 1.21 bits per heavy atom. The molecule has 0 spiro atoms. The molecule has 0 rings (SSSR count). The van der Waals surface area contributed by atoms with E-state index in [0.29, 0.717) is 19.3 Å². The number of hydrogen-bond donors (Lipinski definition) is 3. The van der Waals surface area contributed by atoms with Crippen molar-refractivity contribution >= 4 is 11.9 Å². The van der Waals surface area contributed by atoms with Gasteiger partial charge in [-0.25, -0.2) is 0 Å². The first-order chi connectivity index (χ1) is 32.5. The number of ether oxygens (including phenoxy) is 1. The molecule has 6 heteroatoms. The minimum Gasteiger partial charge on any atom is -0.462 e. The van der Waals surface area contributed by atoms with Crippen molar-refractivity contribution in [1.29, 1.82) is 0 Å². The third-order valence-electron chi connectivity index (χ3n) is 12.4. The number of nitrogens with one attached hydrogen (secondary N) is 1. The summed E-state index contributed by atoms with van der Waals surface area (Å²) < 4.78 is 5.93. The van der Waals surface area contributed by atoms with Crippen LogP contribution in [0.1, 0.15) is 258 Å². The Labute approximate surface area is 408 Å². The number of hydrogen-bond acceptors (Lipinski definition) is 5. The van der Waals surface area contributed by atoms with Crippen molar-refractivity contribution in [3.05, 3.63) is 85.1 Å².